The molecule has 0 saturated carbocycles. The molecule has 0 unspecified atom stereocenters. The molecule has 14 heavy (non-hydrogen) atoms. The molecule has 1 aromatic carbocycles. The molecule has 1 rings (SSSR count). The normalized spacial score (nSPS) is 10.6. The maximum Gasteiger partial charge on any atom is 0.168 e. The van der Waals surface area contributed by atoms with Crippen molar-refractivity contribution >= 4 is 17.4 Å². The van der Waals surface area contributed by atoms with Gasteiger partial charge >= 0.3 is 0 Å². The number of hydrogen-bond acceptors (Lipinski definition) is 1. The van der Waals surface area contributed by atoms with Gasteiger partial charge in [0.25, 0.3) is 0 Å². The summed E-state index contributed by atoms with van der Waals surface area (Å²) in [6, 6.07) is 6.99. The van der Waals surface area contributed by atoms with Crippen LogP contribution in [-0.2, 0) is 0 Å². The summed E-state index contributed by atoms with van der Waals surface area (Å²) in [6.45, 7) is 5.72. The Morgan fingerprint density at radius 1 is 1.14 bits per heavy atom. The van der Waals surface area contributed by atoms with Crippen molar-refractivity contribution in [1.29, 1.82) is 0 Å². The molecule has 2 heteroatoms. The van der Waals surface area contributed by atoms with E-state index in [0.29, 0.717) is 5.02 Å². The van der Waals surface area contributed by atoms with Crippen molar-refractivity contribution in [3.8, 4) is 0 Å². The molecule has 0 radical (unpaired) electrons. The molecule has 0 aliphatic rings. The van der Waals surface area contributed by atoms with Crippen molar-refractivity contribution in [3.05, 3.63) is 34.9 Å². The zero-order valence-electron chi connectivity index (χ0n) is 8.10. The predicted molar refractivity (Wildman–Crippen MR) is 62.0 cm³/mol. The van der Waals surface area contributed by atoms with Gasteiger partial charge in [-0.25, -0.2) is 0 Å². The van der Waals surface area contributed by atoms with E-state index >= 15 is 0 Å². The van der Waals surface area contributed by atoms with Crippen LogP contribution in [0.25, 0.3) is 0 Å². The average Bonchev–Trinajstić information content (AvgIpc) is 2.03. The first-order valence-corrected chi connectivity index (χ1v) is 4.59. The molecule has 0 aliphatic heterocycles. The lowest BCUT2D eigenvalue weighted by molar-refractivity contribution is 0.0858. The second-order valence-corrected chi connectivity index (χ2v) is 4.52. The number of Topliss-reactive ketones (excluding diaryl/α,β-unsaturated/α-hetero) is 1. The summed E-state index contributed by atoms with van der Waals surface area (Å²) >= 11 is 5.72. The quantitative estimate of drug-likeness (QED) is 0.638. The van der Waals surface area contributed by atoms with Crippen LogP contribution in [0.3, 0.4) is 0 Å². The Bertz CT molecular complexity index is 306. The third-order valence-electron chi connectivity index (χ3n) is 1.79. The smallest absolute Gasteiger partial charge is 0.168 e. The third kappa shape index (κ3) is 3.15. The van der Waals surface area contributed by atoms with Gasteiger partial charge < -0.3 is 0 Å². The number of ketones is 1. The Kier molecular flexibility index (Phi) is 4.34. The van der Waals surface area contributed by atoms with E-state index in [-0.39, 0.29) is 18.6 Å². The van der Waals surface area contributed by atoms with E-state index in [4.69, 9.17) is 11.6 Å². The van der Waals surface area contributed by atoms with Crippen LogP contribution in [0, 0.1) is 5.41 Å². The third-order valence-corrected chi connectivity index (χ3v) is 2.04. The fraction of sp³-hybridized carbons (Fsp3) is 0.417. The number of rotatable bonds is 1. The molecule has 0 N–H and O–H groups in total. The molecular formula is C12H17ClO. The molecule has 1 aromatic rings. The summed E-state index contributed by atoms with van der Waals surface area (Å²) < 4.78 is 0. The molecule has 0 heterocycles. The minimum Gasteiger partial charge on any atom is -0.294 e. The fourth-order valence-electron chi connectivity index (χ4n) is 1.03. The number of halogens is 1. The summed E-state index contributed by atoms with van der Waals surface area (Å²) in [6.07, 6.45) is 0. The maximum atomic E-state index is 11.7. The molecular weight excluding hydrogens is 196 g/mol. The maximum absolute atomic E-state index is 11.7. The molecule has 0 aromatic heterocycles. The molecule has 0 fully saturated rings. The minimum absolute atomic E-state index is 0. The van der Waals surface area contributed by atoms with Crippen LogP contribution >= 0.6 is 11.6 Å². The van der Waals surface area contributed by atoms with Crippen molar-refractivity contribution in [3.63, 3.8) is 0 Å². The van der Waals surface area contributed by atoms with Gasteiger partial charge in [-0.2, -0.15) is 0 Å². The SMILES string of the molecule is C.CC(C)(C)C(=O)c1ccc(Cl)cc1. The minimum atomic E-state index is -0.326. The summed E-state index contributed by atoms with van der Waals surface area (Å²) in [4.78, 5) is 11.7. The van der Waals surface area contributed by atoms with Gasteiger partial charge in [-0.3, -0.25) is 4.79 Å². The molecule has 0 saturated heterocycles. The van der Waals surface area contributed by atoms with Gasteiger partial charge in [0.05, 0.1) is 0 Å². The first kappa shape index (κ1) is 13.2. The van der Waals surface area contributed by atoms with Crippen LogP contribution in [0.2, 0.25) is 5.02 Å². The van der Waals surface area contributed by atoms with Crippen molar-refractivity contribution in [2.45, 2.75) is 28.2 Å². The van der Waals surface area contributed by atoms with E-state index in [1.54, 1.807) is 24.3 Å². The summed E-state index contributed by atoms with van der Waals surface area (Å²) in [5.41, 5.74) is 0.394. The Balaban J connectivity index is 0.00000169. The summed E-state index contributed by atoms with van der Waals surface area (Å²) in [7, 11) is 0. The lowest BCUT2D eigenvalue weighted by Gasteiger charge is -2.16. The van der Waals surface area contributed by atoms with E-state index in [2.05, 4.69) is 0 Å². The highest BCUT2D eigenvalue weighted by Crippen LogP contribution is 2.21. The first-order chi connectivity index (χ1) is 5.91. The van der Waals surface area contributed by atoms with E-state index in [9.17, 15) is 4.79 Å². The summed E-state index contributed by atoms with van der Waals surface area (Å²) in [5, 5.41) is 0.658. The van der Waals surface area contributed by atoms with Gasteiger partial charge in [0.15, 0.2) is 5.78 Å². The van der Waals surface area contributed by atoms with Crippen LogP contribution in [0.5, 0.6) is 0 Å². The Morgan fingerprint density at radius 3 is 1.93 bits per heavy atom. The summed E-state index contributed by atoms with van der Waals surface area (Å²) in [5.74, 6) is 0.143. The molecule has 78 valence electrons. The second-order valence-electron chi connectivity index (χ2n) is 4.09. The van der Waals surface area contributed by atoms with E-state index in [0.717, 1.165) is 5.56 Å². The molecule has 0 aliphatic carbocycles. The first-order valence-electron chi connectivity index (χ1n) is 4.21. The molecule has 0 spiro atoms. The lowest BCUT2D eigenvalue weighted by Crippen LogP contribution is -2.19. The highest BCUT2D eigenvalue weighted by molar-refractivity contribution is 6.30. The van der Waals surface area contributed by atoms with Crippen molar-refractivity contribution in [2.24, 2.45) is 5.41 Å². The van der Waals surface area contributed by atoms with Crippen LogP contribution in [0.15, 0.2) is 24.3 Å². The fourth-order valence-corrected chi connectivity index (χ4v) is 1.16. The van der Waals surface area contributed by atoms with Gasteiger partial charge in [-0.15, -0.1) is 0 Å². The Hall–Kier alpha value is -0.820. The largest absolute Gasteiger partial charge is 0.294 e. The van der Waals surface area contributed by atoms with Crippen LogP contribution < -0.4 is 0 Å². The van der Waals surface area contributed by atoms with Crippen molar-refractivity contribution in [2.75, 3.05) is 0 Å². The Labute approximate surface area is 91.1 Å². The average molecular weight is 213 g/mol. The van der Waals surface area contributed by atoms with Gasteiger partial charge in [0, 0.05) is 16.0 Å². The molecule has 0 bridgehead atoms. The van der Waals surface area contributed by atoms with E-state index < -0.39 is 0 Å². The zero-order chi connectivity index (χ0) is 10.1. The zero-order valence-corrected chi connectivity index (χ0v) is 8.85. The van der Waals surface area contributed by atoms with Crippen LogP contribution in [0.4, 0.5) is 0 Å². The van der Waals surface area contributed by atoms with Gasteiger partial charge in [-0.05, 0) is 24.3 Å². The van der Waals surface area contributed by atoms with E-state index in [1.165, 1.54) is 0 Å². The topological polar surface area (TPSA) is 17.1 Å². The highest BCUT2D eigenvalue weighted by Gasteiger charge is 2.22. The highest BCUT2D eigenvalue weighted by atomic mass is 35.5. The lowest BCUT2D eigenvalue weighted by atomic mass is 9.87. The van der Waals surface area contributed by atoms with Crippen molar-refractivity contribution < 1.29 is 4.79 Å². The van der Waals surface area contributed by atoms with Gasteiger partial charge in [-0.1, -0.05) is 39.8 Å². The molecule has 0 amide bonds. The van der Waals surface area contributed by atoms with Gasteiger partial charge in [0.1, 0.15) is 0 Å². The number of carbonyl (C=O) groups excluding carboxylic acids is 1. The molecule has 0 atom stereocenters. The van der Waals surface area contributed by atoms with Crippen LogP contribution in [0.1, 0.15) is 38.6 Å². The number of benzene rings is 1. The van der Waals surface area contributed by atoms with Crippen LogP contribution in [-0.4, -0.2) is 5.78 Å². The van der Waals surface area contributed by atoms with E-state index in [1.807, 2.05) is 20.8 Å². The molecule has 1 nitrogen and oxygen atoms in total. The predicted octanol–water partition coefficient (Wildman–Crippen LogP) is 4.20. The van der Waals surface area contributed by atoms with Crippen molar-refractivity contribution in [1.82, 2.24) is 0 Å². The number of hydrogen-bond donors (Lipinski definition) is 0. The second kappa shape index (κ2) is 4.61. The number of carbonyl (C=O) groups is 1. The standard InChI is InChI=1S/C11H13ClO.CH4/c1-11(2,3)10(13)8-4-6-9(12)7-5-8;/h4-7H,1-3H3;1H4. The van der Waals surface area contributed by atoms with Gasteiger partial charge in [0.2, 0.25) is 0 Å². The Morgan fingerprint density at radius 2 is 1.57 bits per heavy atom. The monoisotopic (exact) mass is 212 g/mol.